The SMILES string of the molecule is O=C(/C(=N/N=C1\CCSC1)c1ccccc1)c1ccccc1. The van der Waals surface area contributed by atoms with Crippen molar-refractivity contribution < 1.29 is 4.79 Å². The minimum atomic E-state index is -0.0956. The van der Waals surface area contributed by atoms with Crippen LogP contribution in [0.15, 0.2) is 70.9 Å². The molecule has 4 heteroatoms. The van der Waals surface area contributed by atoms with Crippen LogP contribution in [0, 0.1) is 0 Å². The van der Waals surface area contributed by atoms with E-state index in [-0.39, 0.29) is 5.78 Å². The summed E-state index contributed by atoms with van der Waals surface area (Å²) in [6.45, 7) is 0. The van der Waals surface area contributed by atoms with Crippen LogP contribution in [0.2, 0.25) is 0 Å². The molecule has 0 N–H and O–H groups in total. The Balaban J connectivity index is 1.98. The van der Waals surface area contributed by atoms with Gasteiger partial charge in [-0.1, -0.05) is 60.7 Å². The number of nitrogens with zero attached hydrogens (tertiary/aromatic N) is 2. The van der Waals surface area contributed by atoms with Crippen molar-refractivity contribution in [3.8, 4) is 0 Å². The van der Waals surface area contributed by atoms with Crippen molar-refractivity contribution in [2.24, 2.45) is 10.2 Å². The zero-order valence-corrected chi connectivity index (χ0v) is 12.9. The van der Waals surface area contributed by atoms with Gasteiger partial charge in [0, 0.05) is 16.9 Å². The van der Waals surface area contributed by atoms with E-state index in [2.05, 4.69) is 10.2 Å². The van der Waals surface area contributed by atoms with Crippen molar-refractivity contribution in [3.63, 3.8) is 0 Å². The molecule has 1 fully saturated rings. The third kappa shape index (κ3) is 3.52. The molecule has 1 heterocycles. The topological polar surface area (TPSA) is 41.8 Å². The van der Waals surface area contributed by atoms with Crippen LogP contribution in [0.5, 0.6) is 0 Å². The van der Waals surface area contributed by atoms with Crippen molar-refractivity contribution >= 4 is 29.0 Å². The molecule has 1 saturated heterocycles. The Labute approximate surface area is 134 Å². The molecule has 0 unspecified atom stereocenters. The highest BCUT2D eigenvalue weighted by Crippen LogP contribution is 2.15. The van der Waals surface area contributed by atoms with Gasteiger partial charge in [0.05, 0.1) is 5.71 Å². The van der Waals surface area contributed by atoms with E-state index >= 15 is 0 Å². The molecule has 0 bridgehead atoms. The second-order valence-corrected chi connectivity index (χ2v) is 6.08. The zero-order valence-electron chi connectivity index (χ0n) is 12.1. The predicted molar refractivity (Wildman–Crippen MR) is 93.1 cm³/mol. The molecule has 110 valence electrons. The number of thioether (sulfide) groups is 1. The molecule has 0 atom stereocenters. The lowest BCUT2D eigenvalue weighted by molar-refractivity contribution is 0.106. The summed E-state index contributed by atoms with van der Waals surface area (Å²) in [4.78, 5) is 12.7. The first kappa shape index (κ1) is 14.7. The van der Waals surface area contributed by atoms with Crippen LogP contribution < -0.4 is 0 Å². The van der Waals surface area contributed by atoms with Crippen LogP contribution in [-0.2, 0) is 0 Å². The Kier molecular flexibility index (Phi) is 4.81. The average molecular weight is 308 g/mol. The van der Waals surface area contributed by atoms with E-state index in [0.29, 0.717) is 11.3 Å². The molecule has 1 aliphatic heterocycles. The van der Waals surface area contributed by atoms with Gasteiger partial charge in [0.1, 0.15) is 5.71 Å². The molecule has 1 aliphatic rings. The van der Waals surface area contributed by atoms with Crippen molar-refractivity contribution in [2.45, 2.75) is 6.42 Å². The lowest BCUT2D eigenvalue weighted by Crippen LogP contribution is -2.15. The Morgan fingerprint density at radius 3 is 2.14 bits per heavy atom. The van der Waals surface area contributed by atoms with E-state index in [1.807, 2.05) is 60.3 Å². The molecule has 0 spiro atoms. The largest absolute Gasteiger partial charge is 0.287 e. The van der Waals surface area contributed by atoms with Gasteiger partial charge in [0.2, 0.25) is 5.78 Å². The van der Waals surface area contributed by atoms with Crippen molar-refractivity contribution in [3.05, 3.63) is 71.8 Å². The summed E-state index contributed by atoms with van der Waals surface area (Å²) in [6, 6.07) is 18.7. The molecular weight excluding hydrogens is 292 g/mol. The standard InChI is InChI=1S/C18H16N2OS/c21-18(15-9-5-2-6-10-15)17(14-7-3-1-4-8-14)20-19-16-11-12-22-13-16/h1-10H,11-13H2/b19-16+,20-17+. The first-order chi connectivity index (χ1) is 10.8. The molecule has 3 nitrogen and oxygen atoms in total. The maximum atomic E-state index is 12.7. The molecule has 0 aliphatic carbocycles. The van der Waals surface area contributed by atoms with E-state index in [4.69, 9.17) is 0 Å². The third-order valence-corrected chi connectivity index (χ3v) is 4.42. The van der Waals surface area contributed by atoms with Crippen LogP contribution in [0.3, 0.4) is 0 Å². The molecule has 2 aromatic carbocycles. The fourth-order valence-corrected chi connectivity index (χ4v) is 3.17. The molecule has 0 aromatic heterocycles. The van der Waals surface area contributed by atoms with E-state index < -0.39 is 0 Å². The number of ketones is 1. The van der Waals surface area contributed by atoms with E-state index in [9.17, 15) is 4.79 Å². The van der Waals surface area contributed by atoms with Gasteiger partial charge >= 0.3 is 0 Å². The zero-order chi connectivity index (χ0) is 15.2. The van der Waals surface area contributed by atoms with Crippen LogP contribution in [0.1, 0.15) is 22.3 Å². The summed E-state index contributed by atoms with van der Waals surface area (Å²) in [6.07, 6.45) is 0.954. The van der Waals surface area contributed by atoms with E-state index in [0.717, 1.165) is 29.2 Å². The molecule has 0 radical (unpaired) electrons. The first-order valence-electron chi connectivity index (χ1n) is 7.21. The molecular formula is C18H16N2OS. The van der Waals surface area contributed by atoms with E-state index in [1.165, 1.54) is 0 Å². The number of rotatable bonds is 4. The molecule has 0 saturated carbocycles. The first-order valence-corrected chi connectivity index (χ1v) is 8.36. The molecule has 2 aromatic rings. The van der Waals surface area contributed by atoms with Gasteiger partial charge in [-0.25, -0.2) is 0 Å². The summed E-state index contributed by atoms with van der Waals surface area (Å²) >= 11 is 1.85. The third-order valence-electron chi connectivity index (χ3n) is 3.39. The smallest absolute Gasteiger partial charge is 0.213 e. The summed E-state index contributed by atoms with van der Waals surface area (Å²) < 4.78 is 0. The second-order valence-electron chi connectivity index (χ2n) is 4.98. The molecule has 0 amide bonds. The fraction of sp³-hybridized carbons (Fsp3) is 0.167. The lowest BCUT2D eigenvalue weighted by Gasteiger charge is -2.04. The van der Waals surface area contributed by atoms with Crippen LogP contribution in [0.4, 0.5) is 0 Å². The van der Waals surface area contributed by atoms with E-state index in [1.54, 1.807) is 12.1 Å². The van der Waals surface area contributed by atoms with Crippen molar-refractivity contribution in [1.82, 2.24) is 0 Å². The normalized spacial score (nSPS) is 16.9. The van der Waals surface area contributed by atoms with Crippen molar-refractivity contribution in [2.75, 3.05) is 11.5 Å². The summed E-state index contributed by atoms with van der Waals surface area (Å²) in [7, 11) is 0. The number of hydrogen-bond donors (Lipinski definition) is 0. The Morgan fingerprint density at radius 1 is 0.909 bits per heavy atom. The average Bonchev–Trinajstić information content (AvgIpc) is 3.10. The van der Waals surface area contributed by atoms with Gasteiger partial charge in [0.15, 0.2) is 0 Å². The highest BCUT2D eigenvalue weighted by Gasteiger charge is 2.16. The van der Waals surface area contributed by atoms with Crippen LogP contribution >= 0.6 is 11.8 Å². The quantitative estimate of drug-likeness (QED) is 0.489. The maximum Gasteiger partial charge on any atom is 0.213 e. The fourth-order valence-electron chi connectivity index (χ4n) is 2.21. The van der Waals surface area contributed by atoms with Crippen LogP contribution in [0.25, 0.3) is 0 Å². The predicted octanol–water partition coefficient (Wildman–Crippen LogP) is 3.85. The monoisotopic (exact) mass is 308 g/mol. The summed E-state index contributed by atoms with van der Waals surface area (Å²) in [5.41, 5.74) is 2.88. The Morgan fingerprint density at radius 2 is 1.55 bits per heavy atom. The van der Waals surface area contributed by atoms with Gasteiger partial charge in [-0.05, 0) is 12.2 Å². The number of carbonyl (C=O) groups is 1. The Bertz CT molecular complexity index is 700. The number of hydrogen-bond acceptors (Lipinski definition) is 4. The minimum absolute atomic E-state index is 0.0956. The summed E-state index contributed by atoms with van der Waals surface area (Å²) in [5, 5.41) is 8.60. The summed E-state index contributed by atoms with van der Waals surface area (Å²) in [5.74, 6) is 1.90. The maximum absolute atomic E-state index is 12.7. The van der Waals surface area contributed by atoms with Gasteiger partial charge in [-0.2, -0.15) is 16.9 Å². The highest BCUT2D eigenvalue weighted by molar-refractivity contribution is 8.00. The lowest BCUT2D eigenvalue weighted by atomic mass is 10.0. The van der Waals surface area contributed by atoms with Crippen LogP contribution in [-0.4, -0.2) is 28.7 Å². The van der Waals surface area contributed by atoms with Gasteiger partial charge in [-0.15, -0.1) is 5.10 Å². The number of Topliss-reactive ketones (excluding diaryl/α,β-unsaturated/α-hetero) is 1. The second kappa shape index (κ2) is 7.18. The highest BCUT2D eigenvalue weighted by atomic mass is 32.2. The minimum Gasteiger partial charge on any atom is -0.287 e. The van der Waals surface area contributed by atoms with Gasteiger partial charge in [-0.3, -0.25) is 4.79 Å². The number of carbonyl (C=O) groups excluding carboxylic acids is 1. The van der Waals surface area contributed by atoms with Gasteiger partial charge in [0.25, 0.3) is 0 Å². The van der Waals surface area contributed by atoms with Gasteiger partial charge < -0.3 is 0 Å². The van der Waals surface area contributed by atoms with Crippen molar-refractivity contribution in [1.29, 1.82) is 0 Å². The molecule has 3 rings (SSSR count). The molecule has 22 heavy (non-hydrogen) atoms. The Hall–Kier alpha value is -2.20. The number of benzene rings is 2.